The predicted octanol–water partition coefficient (Wildman–Crippen LogP) is 4.75. The number of carbonyl (C=O) groups is 1. The number of furan rings is 1. The molecule has 25 heavy (non-hydrogen) atoms. The smallest absolute Gasteiger partial charge is 0.291 e. The molecular weight excluding hydrogens is 340 g/mol. The number of benzene rings is 2. The molecule has 0 unspecified atom stereocenters. The maximum atomic E-state index is 12.4. The zero-order chi connectivity index (χ0) is 18.0. The first kappa shape index (κ1) is 16.9. The van der Waals surface area contributed by atoms with E-state index in [1.807, 2.05) is 25.1 Å². The van der Waals surface area contributed by atoms with Gasteiger partial charge in [-0.3, -0.25) is 4.79 Å². The average Bonchev–Trinajstić information content (AvgIpc) is 3.09. The van der Waals surface area contributed by atoms with E-state index in [4.69, 9.17) is 26.5 Å². The van der Waals surface area contributed by atoms with E-state index in [9.17, 15) is 4.79 Å². The van der Waals surface area contributed by atoms with Gasteiger partial charge in [-0.05, 0) is 42.8 Å². The minimum atomic E-state index is -0.386. The van der Waals surface area contributed by atoms with Gasteiger partial charge in [-0.15, -0.1) is 0 Å². The Bertz CT molecular complexity index is 934. The van der Waals surface area contributed by atoms with Crippen molar-refractivity contribution in [3.05, 3.63) is 64.9 Å². The molecule has 0 aliphatic rings. The summed E-state index contributed by atoms with van der Waals surface area (Å²) in [4.78, 5) is 12.4. The van der Waals surface area contributed by atoms with Crippen molar-refractivity contribution >= 4 is 28.9 Å². The minimum absolute atomic E-state index is 0.185. The van der Waals surface area contributed by atoms with Crippen LogP contribution in [0.5, 0.6) is 5.75 Å². The zero-order valence-corrected chi connectivity index (χ0v) is 14.6. The van der Waals surface area contributed by atoms with Gasteiger partial charge in [0, 0.05) is 16.7 Å². The number of nitrogen functional groups attached to an aromatic ring is 1. The van der Waals surface area contributed by atoms with Gasteiger partial charge in [0.05, 0.1) is 18.5 Å². The number of ether oxygens (including phenoxy) is 1. The quantitative estimate of drug-likeness (QED) is 0.661. The SMILES string of the molecule is COc1ccc(NC(=O)c2ccc(-c3cccc(Cl)c3C)o2)c(N)c1. The van der Waals surface area contributed by atoms with Gasteiger partial charge in [-0.1, -0.05) is 23.7 Å². The average molecular weight is 357 g/mol. The van der Waals surface area contributed by atoms with Crippen LogP contribution >= 0.6 is 11.6 Å². The van der Waals surface area contributed by atoms with Crippen LogP contribution in [-0.2, 0) is 0 Å². The fourth-order valence-corrected chi connectivity index (χ4v) is 2.62. The Balaban J connectivity index is 1.82. The van der Waals surface area contributed by atoms with Crippen LogP contribution in [0.2, 0.25) is 5.02 Å². The lowest BCUT2D eigenvalue weighted by Crippen LogP contribution is -2.12. The molecule has 1 heterocycles. The number of anilines is 2. The number of hydrogen-bond donors (Lipinski definition) is 2. The van der Waals surface area contributed by atoms with Crippen molar-refractivity contribution < 1.29 is 13.9 Å². The number of rotatable bonds is 4. The van der Waals surface area contributed by atoms with Crippen LogP contribution in [0.25, 0.3) is 11.3 Å². The summed E-state index contributed by atoms with van der Waals surface area (Å²) in [5.41, 5.74) is 8.55. The Labute approximate surface area is 150 Å². The van der Waals surface area contributed by atoms with E-state index < -0.39 is 0 Å². The summed E-state index contributed by atoms with van der Waals surface area (Å²) in [6.45, 7) is 1.90. The Morgan fingerprint density at radius 3 is 2.72 bits per heavy atom. The number of nitrogens with two attached hydrogens (primary N) is 1. The lowest BCUT2D eigenvalue weighted by molar-refractivity contribution is 0.0997. The normalized spacial score (nSPS) is 10.5. The first-order valence-electron chi connectivity index (χ1n) is 7.60. The number of methoxy groups -OCH3 is 1. The highest BCUT2D eigenvalue weighted by atomic mass is 35.5. The highest BCUT2D eigenvalue weighted by molar-refractivity contribution is 6.31. The van der Waals surface area contributed by atoms with Crippen LogP contribution in [0.3, 0.4) is 0 Å². The molecule has 0 fully saturated rings. The van der Waals surface area contributed by atoms with Gasteiger partial charge in [-0.25, -0.2) is 0 Å². The standard InChI is InChI=1S/C19H17ClN2O3/c1-11-13(4-3-5-14(11)20)17-8-9-18(25-17)19(23)22-16-7-6-12(24-2)10-15(16)21/h3-10H,21H2,1-2H3,(H,22,23). The summed E-state index contributed by atoms with van der Waals surface area (Å²) in [6, 6.07) is 13.9. The van der Waals surface area contributed by atoms with E-state index in [0.29, 0.717) is 27.9 Å². The van der Waals surface area contributed by atoms with Crippen LogP contribution in [0.4, 0.5) is 11.4 Å². The van der Waals surface area contributed by atoms with Crippen molar-refractivity contribution in [3.63, 3.8) is 0 Å². The number of halogens is 1. The molecule has 0 radical (unpaired) electrons. The zero-order valence-electron chi connectivity index (χ0n) is 13.8. The molecule has 1 amide bonds. The summed E-state index contributed by atoms with van der Waals surface area (Å²) in [7, 11) is 1.55. The molecule has 3 N–H and O–H groups in total. The molecule has 0 saturated carbocycles. The third-order valence-corrected chi connectivity index (χ3v) is 4.28. The van der Waals surface area contributed by atoms with E-state index in [2.05, 4.69) is 5.32 Å². The second-order valence-corrected chi connectivity index (χ2v) is 5.89. The molecular formula is C19H17ClN2O3. The molecule has 0 aliphatic carbocycles. The third kappa shape index (κ3) is 3.46. The molecule has 0 spiro atoms. The molecule has 0 bridgehead atoms. The van der Waals surface area contributed by atoms with Gasteiger partial charge in [-0.2, -0.15) is 0 Å². The molecule has 0 aliphatic heterocycles. The maximum Gasteiger partial charge on any atom is 0.291 e. The lowest BCUT2D eigenvalue weighted by atomic mass is 10.1. The van der Waals surface area contributed by atoms with Crippen molar-refractivity contribution in [3.8, 4) is 17.1 Å². The van der Waals surface area contributed by atoms with Gasteiger partial charge in [0.2, 0.25) is 0 Å². The van der Waals surface area contributed by atoms with E-state index in [1.165, 1.54) is 0 Å². The van der Waals surface area contributed by atoms with Crippen molar-refractivity contribution in [2.75, 3.05) is 18.2 Å². The Morgan fingerprint density at radius 2 is 2.00 bits per heavy atom. The van der Waals surface area contributed by atoms with Crippen LogP contribution in [0, 0.1) is 6.92 Å². The third-order valence-electron chi connectivity index (χ3n) is 3.87. The monoisotopic (exact) mass is 356 g/mol. The molecule has 1 aromatic heterocycles. The summed E-state index contributed by atoms with van der Waals surface area (Å²) in [6.07, 6.45) is 0. The van der Waals surface area contributed by atoms with Crippen LogP contribution < -0.4 is 15.8 Å². The van der Waals surface area contributed by atoms with Crippen molar-refractivity contribution in [2.24, 2.45) is 0 Å². The summed E-state index contributed by atoms with van der Waals surface area (Å²) >= 11 is 6.14. The first-order valence-corrected chi connectivity index (χ1v) is 7.97. The fourth-order valence-electron chi connectivity index (χ4n) is 2.44. The van der Waals surface area contributed by atoms with E-state index in [0.717, 1.165) is 11.1 Å². The number of carbonyl (C=O) groups excluding carboxylic acids is 1. The predicted molar refractivity (Wildman–Crippen MR) is 99.3 cm³/mol. The van der Waals surface area contributed by atoms with Crippen LogP contribution in [-0.4, -0.2) is 13.0 Å². The Hall–Kier alpha value is -2.92. The topological polar surface area (TPSA) is 77.5 Å². The number of hydrogen-bond acceptors (Lipinski definition) is 4. The van der Waals surface area contributed by atoms with E-state index in [1.54, 1.807) is 37.4 Å². The molecule has 0 saturated heterocycles. The lowest BCUT2D eigenvalue weighted by Gasteiger charge is -2.08. The van der Waals surface area contributed by atoms with Crippen molar-refractivity contribution in [1.29, 1.82) is 0 Å². The highest BCUT2D eigenvalue weighted by Gasteiger charge is 2.15. The molecule has 0 atom stereocenters. The van der Waals surface area contributed by atoms with Crippen LogP contribution in [0.15, 0.2) is 52.9 Å². The Kier molecular flexibility index (Phi) is 4.67. The number of nitrogens with one attached hydrogen (secondary N) is 1. The molecule has 2 aromatic carbocycles. The molecule has 3 aromatic rings. The molecule has 128 valence electrons. The summed E-state index contributed by atoms with van der Waals surface area (Å²) < 4.78 is 10.8. The van der Waals surface area contributed by atoms with Gasteiger partial charge >= 0.3 is 0 Å². The first-order chi connectivity index (χ1) is 12.0. The van der Waals surface area contributed by atoms with Crippen molar-refractivity contribution in [2.45, 2.75) is 6.92 Å². The second-order valence-electron chi connectivity index (χ2n) is 5.48. The van der Waals surface area contributed by atoms with Gasteiger partial charge < -0.3 is 20.2 Å². The highest BCUT2D eigenvalue weighted by Crippen LogP contribution is 2.30. The summed E-state index contributed by atoms with van der Waals surface area (Å²) in [5.74, 6) is 0.993. The van der Waals surface area contributed by atoms with Crippen molar-refractivity contribution in [1.82, 2.24) is 0 Å². The van der Waals surface area contributed by atoms with Gasteiger partial charge in [0.1, 0.15) is 11.5 Å². The summed E-state index contributed by atoms with van der Waals surface area (Å²) in [5, 5.41) is 3.37. The van der Waals surface area contributed by atoms with Gasteiger partial charge in [0.25, 0.3) is 5.91 Å². The Morgan fingerprint density at radius 1 is 1.20 bits per heavy atom. The maximum absolute atomic E-state index is 12.4. The fraction of sp³-hybridized carbons (Fsp3) is 0.105. The molecule has 6 heteroatoms. The van der Waals surface area contributed by atoms with E-state index in [-0.39, 0.29) is 11.7 Å². The number of amides is 1. The van der Waals surface area contributed by atoms with E-state index >= 15 is 0 Å². The molecule has 5 nitrogen and oxygen atoms in total. The van der Waals surface area contributed by atoms with Crippen LogP contribution in [0.1, 0.15) is 16.1 Å². The largest absolute Gasteiger partial charge is 0.497 e. The second kappa shape index (κ2) is 6.91. The van der Waals surface area contributed by atoms with Gasteiger partial charge in [0.15, 0.2) is 5.76 Å². The molecule has 3 rings (SSSR count). The minimum Gasteiger partial charge on any atom is -0.497 e.